The topological polar surface area (TPSA) is 80.3 Å². The van der Waals surface area contributed by atoms with Gasteiger partial charge in [-0.05, 0) is 11.1 Å². The summed E-state index contributed by atoms with van der Waals surface area (Å²) < 4.78 is 0. The van der Waals surface area contributed by atoms with Crippen LogP contribution in [0.25, 0.3) is 0 Å². The zero-order valence-corrected chi connectivity index (χ0v) is 14.1. The molecule has 0 aromatic heterocycles. The second-order valence-corrected chi connectivity index (χ2v) is 3.31. The van der Waals surface area contributed by atoms with Crippen molar-refractivity contribution >= 4 is 35.8 Å². The molecule has 19 heavy (non-hydrogen) atoms. The van der Waals surface area contributed by atoms with Gasteiger partial charge >= 0.3 is 23.9 Å². The number of carboxylic acids is 2. The van der Waals surface area contributed by atoms with Gasteiger partial charge in [0.2, 0.25) is 0 Å². The van der Waals surface area contributed by atoms with Gasteiger partial charge in [-0.25, -0.2) is 0 Å². The van der Waals surface area contributed by atoms with E-state index in [-0.39, 0.29) is 35.0 Å². The fourth-order valence-corrected chi connectivity index (χ4v) is 1.15. The summed E-state index contributed by atoms with van der Waals surface area (Å²) in [5.41, 5.74) is 0.440. The molecule has 0 spiro atoms. The molecular weight excluding hydrogens is 351 g/mol. The molecule has 0 aliphatic heterocycles. The molecule has 4 nitrogen and oxygen atoms in total. The van der Waals surface area contributed by atoms with Gasteiger partial charge in [-0.1, -0.05) is 60.7 Å². The van der Waals surface area contributed by atoms with Gasteiger partial charge in [0.25, 0.3) is 0 Å². The Bertz CT molecular complexity index is 462. The molecule has 0 heterocycles. The number of benzene rings is 2. The van der Waals surface area contributed by atoms with Crippen LogP contribution in [0.15, 0.2) is 60.7 Å². The summed E-state index contributed by atoms with van der Waals surface area (Å²) in [4.78, 5) is 20.2. The number of carbonyl (C=O) groups excluding carboxylic acids is 2. The van der Waals surface area contributed by atoms with E-state index in [0.717, 1.165) is 0 Å². The minimum atomic E-state index is -1.13. The van der Waals surface area contributed by atoms with Crippen molar-refractivity contribution in [2.24, 2.45) is 0 Å². The molecular formula is C14H12O4Sn. The van der Waals surface area contributed by atoms with Crippen LogP contribution in [0.5, 0.6) is 0 Å². The Morgan fingerprint density at radius 2 is 0.895 bits per heavy atom. The summed E-state index contributed by atoms with van der Waals surface area (Å²) in [6.45, 7) is 0. The first kappa shape index (κ1) is 17.2. The van der Waals surface area contributed by atoms with Crippen molar-refractivity contribution in [3.8, 4) is 0 Å². The van der Waals surface area contributed by atoms with Gasteiger partial charge in [0, 0.05) is 0 Å². The third kappa shape index (κ3) is 6.61. The van der Waals surface area contributed by atoms with Crippen LogP contribution in [0.3, 0.4) is 0 Å². The summed E-state index contributed by atoms with van der Waals surface area (Å²) in [6.07, 6.45) is 0. The van der Waals surface area contributed by atoms with Crippen LogP contribution in [0.4, 0.5) is 0 Å². The van der Waals surface area contributed by atoms with E-state index in [0.29, 0.717) is 0 Å². The van der Waals surface area contributed by atoms with Gasteiger partial charge in [-0.2, -0.15) is 0 Å². The third-order valence-corrected chi connectivity index (χ3v) is 2.02. The third-order valence-electron chi connectivity index (χ3n) is 2.02. The Labute approximate surface area is 127 Å². The van der Waals surface area contributed by atoms with E-state index in [1.807, 2.05) is 0 Å². The first-order chi connectivity index (χ1) is 8.61. The maximum atomic E-state index is 10.1. The van der Waals surface area contributed by atoms with Crippen LogP contribution in [0.1, 0.15) is 20.7 Å². The number of hydrogen-bond donors (Lipinski definition) is 0. The van der Waals surface area contributed by atoms with E-state index >= 15 is 0 Å². The van der Waals surface area contributed by atoms with E-state index in [4.69, 9.17) is 0 Å². The first-order valence-electron chi connectivity index (χ1n) is 5.14. The molecule has 0 amide bonds. The van der Waals surface area contributed by atoms with Gasteiger partial charge in [-0.3, -0.25) is 0 Å². The van der Waals surface area contributed by atoms with Crippen molar-refractivity contribution in [2.75, 3.05) is 0 Å². The van der Waals surface area contributed by atoms with Crippen molar-refractivity contribution < 1.29 is 19.8 Å². The Morgan fingerprint density at radius 1 is 0.632 bits per heavy atom. The van der Waals surface area contributed by atoms with Gasteiger partial charge in [0.1, 0.15) is 0 Å². The predicted molar refractivity (Wildman–Crippen MR) is 70.1 cm³/mol. The molecule has 5 heteroatoms. The van der Waals surface area contributed by atoms with Crippen LogP contribution in [-0.2, 0) is 0 Å². The quantitative estimate of drug-likeness (QED) is 0.654. The van der Waals surface area contributed by atoms with Crippen molar-refractivity contribution in [3.63, 3.8) is 0 Å². The summed E-state index contributed by atoms with van der Waals surface area (Å²) in [5, 5.41) is 20.2. The molecule has 0 saturated heterocycles. The number of carbonyl (C=O) groups is 2. The number of aromatic carboxylic acids is 2. The van der Waals surface area contributed by atoms with Gasteiger partial charge in [-0.15, -0.1) is 0 Å². The average Bonchev–Trinajstić information content (AvgIpc) is 2.41. The van der Waals surface area contributed by atoms with E-state index in [1.54, 1.807) is 36.4 Å². The maximum absolute atomic E-state index is 10.1. The molecule has 0 fully saturated rings. The standard InChI is InChI=1S/2C7H6O2.Sn.2H/c2*8-7(9)6-4-2-1-3-5-6;;;/h2*1-5H,(H,8,9);;;/q;;+2;;/p-2. The van der Waals surface area contributed by atoms with Crippen LogP contribution in [0, 0.1) is 0 Å². The molecule has 0 aliphatic carbocycles. The molecule has 2 rings (SSSR count). The summed E-state index contributed by atoms with van der Waals surface area (Å²) in [5.74, 6) is -2.26. The fourth-order valence-electron chi connectivity index (χ4n) is 1.15. The predicted octanol–water partition coefficient (Wildman–Crippen LogP) is -0.816. The molecule has 0 N–H and O–H groups in total. The summed E-state index contributed by atoms with van der Waals surface area (Å²) >= 11 is 0. The van der Waals surface area contributed by atoms with Gasteiger partial charge in [0.15, 0.2) is 0 Å². The summed E-state index contributed by atoms with van der Waals surface area (Å²) in [7, 11) is 0. The van der Waals surface area contributed by atoms with Gasteiger partial charge in [0.05, 0.1) is 11.9 Å². The second-order valence-electron chi connectivity index (χ2n) is 3.31. The molecule has 0 saturated carbocycles. The molecule has 96 valence electrons. The molecule has 0 radical (unpaired) electrons. The van der Waals surface area contributed by atoms with Crippen molar-refractivity contribution in [2.45, 2.75) is 0 Å². The second kappa shape index (κ2) is 9.15. The van der Waals surface area contributed by atoms with Gasteiger partial charge < -0.3 is 19.8 Å². The molecule has 2 aromatic rings. The Morgan fingerprint density at radius 3 is 1.05 bits per heavy atom. The summed E-state index contributed by atoms with van der Waals surface area (Å²) in [6, 6.07) is 16.1. The molecule has 0 bridgehead atoms. The molecule has 0 aliphatic rings. The molecule has 2 aromatic carbocycles. The van der Waals surface area contributed by atoms with E-state index in [2.05, 4.69) is 0 Å². The van der Waals surface area contributed by atoms with E-state index in [1.165, 1.54) is 24.3 Å². The molecule has 0 atom stereocenters. The molecule has 0 unspecified atom stereocenters. The number of rotatable bonds is 2. The Hall–Kier alpha value is -1.82. The Kier molecular flexibility index (Phi) is 8.28. The first-order valence-corrected chi connectivity index (χ1v) is 5.14. The fraction of sp³-hybridized carbons (Fsp3) is 0. The minimum absolute atomic E-state index is 0. The van der Waals surface area contributed by atoms with Crippen LogP contribution in [0.2, 0.25) is 0 Å². The number of hydrogen-bond acceptors (Lipinski definition) is 4. The Balaban J connectivity index is 0.000000324. The monoisotopic (exact) mass is 364 g/mol. The normalized spacial score (nSPS) is 8.42. The van der Waals surface area contributed by atoms with E-state index < -0.39 is 11.9 Å². The SMILES string of the molecule is O=C([O-])c1ccccc1.O=C([O-])c1ccccc1.[SnH2+2]. The van der Waals surface area contributed by atoms with E-state index in [9.17, 15) is 19.8 Å². The van der Waals surface area contributed by atoms with Crippen LogP contribution < -0.4 is 10.2 Å². The van der Waals surface area contributed by atoms with Crippen molar-refractivity contribution in [1.82, 2.24) is 0 Å². The average molecular weight is 363 g/mol. The zero-order valence-electron chi connectivity index (χ0n) is 10.1. The van der Waals surface area contributed by atoms with Crippen molar-refractivity contribution in [3.05, 3.63) is 71.8 Å². The zero-order chi connectivity index (χ0) is 13.4. The van der Waals surface area contributed by atoms with Crippen LogP contribution >= 0.6 is 0 Å². The van der Waals surface area contributed by atoms with Crippen molar-refractivity contribution in [1.29, 1.82) is 0 Å². The number of carboxylic acid groups (broad SMARTS) is 2. The van der Waals surface area contributed by atoms with Crippen LogP contribution in [-0.4, -0.2) is 35.8 Å².